The van der Waals surface area contributed by atoms with Gasteiger partial charge in [-0.05, 0) is 42.0 Å². The summed E-state index contributed by atoms with van der Waals surface area (Å²) in [5, 5.41) is 5.37. The van der Waals surface area contributed by atoms with Gasteiger partial charge in [0.1, 0.15) is 0 Å². The highest BCUT2D eigenvalue weighted by Crippen LogP contribution is 2.30. The van der Waals surface area contributed by atoms with E-state index in [1.165, 1.54) is 12.1 Å². The van der Waals surface area contributed by atoms with Crippen LogP contribution < -0.4 is 10.6 Å². The van der Waals surface area contributed by atoms with E-state index in [1.54, 1.807) is 54.9 Å². The molecule has 0 aliphatic heterocycles. The first kappa shape index (κ1) is 20.1. The second kappa shape index (κ2) is 9.01. The molecule has 3 aromatic rings. The van der Waals surface area contributed by atoms with E-state index in [9.17, 15) is 18.0 Å². The van der Waals surface area contributed by atoms with Gasteiger partial charge >= 0.3 is 6.18 Å². The standard InChI is InChI=1S/C21H17F3N4O/c22-21(23,24)17-9-4-10-18(12-17)27-20(26-14-15-6-5-11-25-13-15)28-19(29)16-7-2-1-3-8-16/h1-13H,14H2,(H2,26,27,28,29). The number of pyridine rings is 1. The fourth-order valence-corrected chi connectivity index (χ4v) is 2.45. The molecule has 0 fully saturated rings. The Bertz CT molecular complexity index is 990. The Balaban J connectivity index is 1.83. The molecule has 0 atom stereocenters. The summed E-state index contributed by atoms with van der Waals surface area (Å²) >= 11 is 0. The van der Waals surface area contributed by atoms with E-state index < -0.39 is 17.6 Å². The number of nitrogens with one attached hydrogen (secondary N) is 2. The van der Waals surface area contributed by atoms with Crippen molar-refractivity contribution in [2.45, 2.75) is 12.7 Å². The van der Waals surface area contributed by atoms with E-state index >= 15 is 0 Å². The highest BCUT2D eigenvalue weighted by molar-refractivity contribution is 6.09. The van der Waals surface area contributed by atoms with Crippen LogP contribution in [0.25, 0.3) is 0 Å². The molecule has 1 aromatic heterocycles. The zero-order chi connectivity index (χ0) is 20.7. The van der Waals surface area contributed by atoms with Crippen molar-refractivity contribution in [3.05, 3.63) is 95.8 Å². The van der Waals surface area contributed by atoms with Crippen LogP contribution >= 0.6 is 0 Å². The largest absolute Gasteiger partial charge is 0.416 e. The van der Waals surface area contributed by atoms with Crippen LogP contribution in [0.4, 0.5) is 18.9 Å². The zero-order valence-corrected chi connectivity index (χ0v) is 15.1. The number of amides is 1. The molecular formula is C21H17F3N4O. The van der Waals surface area contributed by atoms with Gasteiger partial charge < -0.3 is 5.32 Å². The maximum absolute atomic E-state index is 13.0. The van der Waals surface area contributed by atoms with E-state index in [-0.39, 0.29) is 18.2 Å². The number of aliphatic imine (C=N–C) groups is 1. The Kier molecular flexibility index (Phi) is 6.23. The van der Waals surface area contributed by atoms with E-state index in [0.717, 1.165) is 17.7 Å². The quantitative estimate of drug-likeness (QED) is 0.502. The van der Waals surface area contributed by atoms with Crippen LogP contribution in [0.2, 0.25) is 0 Å². The first-order chi connectivity index (χ1) is 13.9. The van der Waals surface area contributed by atoms with Gasteiger partial charge in [0.05, 0.1) is 12.1 Å². The Morgan fingerprint density at radius 1 is 1.00 bits per heavy atom. The van der Waals surface area contributed by atoms with Crippen LogP contribution in [0.15, 0.2) is 84.1 Å². The zero-order valence-electron chi connectivity index (χ0n) is 15.1. The fourth-order valence-electron chi connectivity index (χ4n) is 2.45. The molecule has 0 spiro atoms. The highest BCUT2D eigenvalue weighted by Gasteiger charge is 2.30. The van der Waals surface area contributed by atoms with Crippen molar-refractivity contribution in [2.24, 2.45) is 4.99 Å². The van der Waals surface area contributed by atoms with Crippen LogP contribution in [0.5, 0.6) is 0 Å². The summed E-state index contributed by atoms with van der Waals surface area (Å²) in [6.45, 7) is 0.185. The SMILES string of the molecule is O=C(NC(=NCc1cccnc1)Nc1cccc(C(F)(F)F)c1)c1ccccc1. The molecule has 0 aliphatic carbocycles. The average Bonchev–Trinajstić information content (AvgIpc) is 2.73. The predicted octanol–water partition coefficient (Wildman–Crippen LogP) is 4.50. The Morgan fingerprint density at radius 3 is 2.48 bits per heavy atom. The number of aromatic nitrogens is 1. The van der Waals surface area contributed by atoms with Crippen LogP contribution in [-0.2, 0) is 12.7 Å². The summed E-state index contributed by atoms with van der Waals surface area (Å²) in [4.78, 5) is 20.7. The summed E-state index contributed by atoms with van der Waals surface area (Å²) in [5.41, 5.74) is 0.527. The minimum Gasteiger partial charge on any atom is -0.326 e. The van der Waals surface area contributed by atoms with Crippen molar-refractivity contribution in [3.63, 3.8) is 0 Å². The second-order valence-electron chi connectivity index (χ2n) is 6.05. The van der Waals surface area contributed by atoms with E-state index in [2.05, 4.69) is 20.6 Å². The monoisotopic (exact) mass is 398 g/mol. The molecule has 0 bridgehead atoms. The van der Waals surface area contributed by atoms with Gasteiger partial charge in [0.15, 0.2) is 0 Å². The number of carbonyl (C=O) groups is 1. The molecule has 0 unspecified atom stereocenters. The van der Waals surface area contributed by atoms with E-state index in [4.69, 9.17) is 0 Å². The maximum Gasteiger partial charge on any atom is 0.416 e. The van der Waals surface area contributed by atoms with Crippen LogP contribution in [0, 0.1) is 0 Å². The predicted molar refractivity (Wildman–Crippen MR) is 104 cm³/mol. The summed E-state index contributed by atoms with van der Waals surface area (Å²) in [6.07, 6.45) is -1.24. The minimum atomic E-state index is -4.47. The molecule has 0 aliphatic rings. The molecule has 2 N–H and O–H groups in total. The third-order valence-corrected chi connectivity index (χ3v) is 3.86. The molecule has 0 radical (unpaired) electrons. The number of carbonyl (C=O) groups excluding carboxylic acids is 1. The summed E-state index contributed by atoms with van der Waals surface area (Å²) in [5.74, 6) is -0.406. The Labute approximate surface area is 165 Å². The average molecular weight is 398 g/mol. The highest BCUT2D eigenvalue weighted by atomic mass is 19.4. The molecule has 1 amide bonds. The van der Waals surface area contributed by atoms with Crippen molar-refractivity contribution >= 4 is 17.6 Å². The number of halogens is 3. The van der Waals surface area contributed by atoms with Crippen molar-refractivity contribution in [3.8, 4) is 0 Å². The van der Waals surface area contributed by atoms with Crippen molar-refractivity contribution in [2.75, 3.05) is 5.32 Å². The molecular weight excluding hydrogens is 381 g/mol. The van der Waals surface area contributed by atoms with Crippen LogP contribution in [-0.4, -0.2) is 16.9 Å². The normalized spacial score (nSPS) is 11.8. The van der Waals surface area contributed by atoms with Gasteiger partial charge in [0, 0.05) is 23.6 Å². The molecule has 29 heavy (non-hydrogen) atoms. The van der Waals surface area contributed by atoms with Gasteiger partial charge in [-0.1, -0.05) is 30.3 Å². The van der Waals surface area contributed by atoms with Crippen LogP contribution in [0.1, 0.15) is 21.5 Å². The lowest BCUT2D eigenvalue weighted by Gasteiger charge is -2.14. The number of hydrogen-bond donors (Lipinski definition) is 2. The fraction of sp³-hybridized carbons (Fsp3) is 0.0952. The lowest BCUT2D eigenvalue weighted by atomic mass is 10.2. The second-order valence-corrected chi connectivity index (χ2v) is 6.05. The molecule has 5 nitrogen and oxygen atoms in total. The number of hydrogen-bond acceptors (Lipinski definition) is 3. The minimum absolute atomic E-state index is 0.0297. The number of alkyl halides is 3. The molecule has 148 valence electrons. The van der Waals surface area contributed by atoms with Gasteiger partial charge in [-0.3, -0.25) is 15.1 Å². The molecule has 2 aromatic carbocycles. The van der Waals surface area contributed by atoms with Gasteiger partial charge in [0.25, 0.3) is 5.91 Å². The van der Waals surface area contributed by atoms with Gasteiger partial charge in [-0.15, -0.1) is 0 Å². The van der Waals surface area contributed by atoms with Crippen molar-refractivity contribution < 1.29 is 18.0 Å². The lowest BCUT2D eigenvalue weighted by Crippen LogP contribution is -2.36. The van der Waals surface area contributed by atoms with Crippen LogP contribution in [0.3, 0.4) is 0 Å². The summed E-state index contributed by atoms with van der Waals surface area (Å²) in [6, 6.07) is 16.7. The lowest BCUT2D eigenvalue weighted by molar-refractivity contribution is -0.137. The number of anilines is 1. The van der Waals surface area contributed by atoms with Gasteiger partial charge in [-0.2, -0.15) is 13.2 Å². The van der Waals surface area contributed by atoms with Gasteiger partial charge in [-0.25, -0.2) is 4.99 Å². The molecule has 0 saturated heterocycles. The third-order valence-electron chi connectivity index (χ3n) is 3.86. The number of guanidine groups is 1. The number of benzene rings is 2. The third kappa shape index (κ3) is 5.90. The first-order valence-electron chi connectivity index (χ1n) is 8.66. The summed E-state index contributed by atoms with van der Waals surface area (Å²) in [7, 11) is 0. The van der Waals surface area contributed by atoms with E-state index in [0.29, 0.717) is 5.56 Å². The summed E-state index contributed by atoms with van der Waals surface area (Å²) < 4.78 is 38.9. The molecule has 1 heterocycles. The van der Waals surface area contributed by atoms with E-state index in [1.807, 2.05) is 0 Å². The molecule has 8 heteroatoms. The van der Waals surface area contributed by atoms with Crippen molar-refractivity contribution in [1.82, 2.24) is 10.3 Å². The topological polar surface area (TPSA) is 66.4 Å². The smallest absolute Gasteiger partial charge is 0.326 e. The molecule has 3 rings (SSSR count). The number of rotatable bonds is 4. The molecule has 0 saturated carbocycles. The van der Waals surface area contributed by atoms with Crippen molar-refractivity contribution in [1.29, 1.82) is 0 Å². The Morgan fingerprint density at radius 2 is 1.79 bits per heavy atom. The Hall–Kier alpha value is -3.68. The number of nitrogens with zero attached hydrogens (tertiary/aromatic N) is 2. The van der Waals surface area contributed by atoms with Gasteiger partial charge in [0.2, 0.25) is 5.96 Å². The maximum atomic E-state index is 13.0. The first-order valence-corrected chi connectivity index (χ1v) is 8.66.